The maximum atomic E-state index is 12.3. The van der Waals surface area contributed by atoms with E-state index in [9.17, 15) is 8.42 Å². The molecular formula is C14H20BrNO2S. The Balaban J connectivity index is 2.10. The molecule has 2 rings (SSSR count). The van der Waals surface area contributed by atoms with E-state index in [4.69, 9.17) is 0 Å². The van der Waals surface area contributed by atoms with Gasteiger partial charge in [-0.3, -0.25) is 0 Å². The van der Waals surface area contributed by atoms with Crippen LogP contribution in [0, 0.1) is 0 Å². The SMILES string of the molecule is CCCc1ccc(S(=O)(=O)NC2CCCC2Br)cc1. The molecule has 1 saturated carbocycles. The molecule has 106 valence electrons. The summed E-state index contributed by atoms with van der Waals surface area (Å²) < 4.78 is 27.3. The second-order valence-corrected chi connectivity index (χ2v) is 7.96. The Labute approximate surface area is 124 Å². The molecule has 1 N–H and O–H groups in total. The number of rotatable bonds is 5. The van der Waals surface area contributed by atoms with Gasteiger partial charge in [0.15, 0.2) is 0 Å². The van der Waals surface area contributed by atoms with Crippen LogP contribution in [0.2, 0.25) is 0 Å². The van der Waals surface area contributed by atoms with Crippen molar-refractivity contribution in [2.24, 2.45) is 0 Å². The summed E-state index contributed by atoms with van der Waals surface area (Å²) in [5, 5.41) is 0. The van der Waals surface area contributed by atoms with Gasteiger partial charge in [-0.1, -0.05) is 47.8 Å². The van der Waals surface area contributed by atoms with Crippen LogP contribution in [0.3, 0.4) is 0 Å². The van der Waals surface area contributed by atoms with E-state index in [-0.39, 0.29) is 10.9 Å². The van der Waals surface area contributed by atoms with Crippen molar-refractivity contribution in [3.8, 4) is 0 Å². The van der Waals surface area contributed by atoms with Crippen molar-refractivity contribution < 1.29 is 8.42 Å². The lowest BCUT2D eigenvalue weighted by molar-refractivity contribution is 0.556. The fraction of sp³-hybridized carbons (Fsp3) is 0.571. The molecule has 0 saturated heterocycles. The highest BCUT2D eigenvalue weighted by Gasteiger charge is 2.29. The summed E-state index contributed by atoms with van der Waals surface area (Å²) in [6.45, 7) is 2.11. The van der Waals surface area contributed by atoms with Gasteiger partial charge in [0.05, 0.1) is 4.90 Å². The van der Waals surface area contributed by atoms with Crippen molar-refractivity contribution in [1.29, 1.82) is 0 Å². The van der Waals surface area contributed by atoms with Crippen LogP contribution < -0.4 is 4.72 Å². The normalized spacial score (nSPS) is 23.7. The van der Waals surface area contributed by atoms with Crippen molar-refractivity contribution in [1.82, 2.24) is 4.72 Å². The molecule has 2 unspecified atom stereocenters. The number of aryl methyl sites for hydroxylation is 1. The molecule has 0 amide bonds. The number of alkyl halides is 1. The molecule has 0 radical (unpaired) electrons. The minimum Gasteiger partial charge on any atom is -0.207 e. The molecular weight excluding hydrogens is 326 g/mol. The summed E-state index contributed by atoms with van der Waals surface area (Å²) in [5.74, 6) is 0. The number of halogens is 1. The van der Waals surface area contributed by atoms with Crippen LogP contribution in [-0.2, 0) is 16.4 Å². The lowest BCUT2D eigenvalue weighted by Crippen LogP contribution is -2.37. The number of benzene rings is 1. The molecule has 1 aliphatic carbocycles. The minimum absolute atomic E-state index is 0.0142. The van der Waals surface area contributed by atoms with Gasteiger partial charge >= 0.3 is 0 Å². The van der Waals surface area contributed by atoms with Crippen LogP contribution >= 0.6 is 15.9 Å². The monoisotopic (exact) mass is 345 g/mol. The van der Waals surface area contributed by atoms with Crippen molar-refractivity contribution in [3.05, 3.63) is 29.8 Å². The summed E-state index contributed by atoms with van der Waals surface area (Å²) in [5.41, 5.74) is 1.18. The summed E-state index contributed by atoms with van der Waals surface area (Å²) in [6.07, 6.45) is 5.06. The summed E-state index contributed by atoms with van der Waals surface area (Å²) in [6, 6.07) is 7.22. The van der Waals surface area contributed by atoms with E-state index in [0.29, 0.717) is 4.90 Å². The van der Waals surface area contributed by atoms with Crippen molar-refractivity contribution >= 4 is 26.0 Å². The first-order chi connectivity index (χ1) is 9.03. The van der Waals surface area contributed by atoms with Crippen molar-refractivity contribution in [3.63, 3.8) is 0 Å². The quantitative estimate of drug-likeness (QED) is 0.832. The third-order valence-corrected chi connectivity index (χ3v) is 6.11. The zero-order valence-electron chi connectivity index (χ0n) is 11.1. The zero-order valence-corrected chi connectivity index (χ0v) is 13.5. The van der Waals surface area contributed by atoms with Gasteiger partial charge in [0, 0.05) is 10.9 Å². The second-order valence-electron chi connectivity index (χ2n) is 5.07. The van der Waals surface area contributed by atoms with Gasteiger partial charge < -0.3 is 0 Å². The zero-order chi connectivity index (χ0) is 13.9. The van der Waals surface area contributed by atoms with Gasteiger partial charge in [-0.15, -0.1) is 0 Å². The first-order valence-electron chi connectivity index (χ1n) is 6.78. The fourth-order valence-electron chi connectivity index (χ4n) is 2.44. The first kappa shape index (κ1) is 15.0. The Morgan fingerprint density at radius 1 is 1.26 bits per heavy atom. The molecule has 0 aliphatic heterocycles. The second kappa shape index (κ2) is 6.37. The fourth-order valence-corrected chi connectivity index (χ4v) is 4.65. The maximum absolute atomic E-state index is 12.3. The van der Waals surface area contributed by atoms with E-state index < -0.39 is 10.0 Å². The van der Waals surface area contributed by atoms with Crippen molar-refractivity contribution in [2.45, 2.75) is 54.8 Å². The summed E-state index contributed by atoms with van der Waals surface area (Å²) in [7, 11) is -3.39. The molecule has 0 aromatic heterocycles. The highest BCUT2D eigenvalue weighted by atomic mass is 79.9. The van der Waals surface area contributed by atoms with Gasteiger partial charge in [0.25, 0.3) is 0 Å². The van der Waals surface area contributed by atoms with Gasteiger partial charge in [-0.25, -0.2) is 13.1 Å². The number of hydrogen-bond donors (Lipinski definition) is 1. The van der Waals surface area contributed by atoms with E-state index in [1.165, 1.54) is 5.56 Å². The van der Waals surface area contributed by atoms with Gasteiger partial charge in [-0.2, -0.15) is 0 Å². The summed E-state index contributed by atoms with van der Waals surface area (Å²) in [4.78, 5) is 0.612. The number of nitrogens with one attached hydrogen (secondary N) is 1. The third-order valence-electron chi connectivity index (χ3n) is 3.51. The average molecular weight is 346 g/mol. The minimum atomic E-state index is -3.39. The van der Waals surface area contributed by atoms with Crippen LogP contribution in [0.1, 0.15) is 38.2 Å². The van der Waals surface area contributed by atoms with Crippen LogP contribution in [0.25, 0.3) is 0 Å². The maximum Gasteiger partial charge on any atom is 0.240 e. The number of hydrogen-bond acceptors (Lipinski definition) is 2. The Kier molecular flexibility index (Phi) is 5.03. The Hall–Kier alpha value is -0.390. The summed E-state index contributed by atoms with van der Waals surface area (Å²) >= 11 is 3.54. The van der Waals surface area contributed by atoms with E-state index in [1.54, 1.807) is 12.1 Å². The van der Waals surface area contributed by atoms with E-state index in [0.717, 1.165) is 32.1 Å². The lowest BCUT2D eigenvalue weighted by Gasteiger charge is -2.16. The van der Waals surface area contributed by atoms with Crippen LogP contribution in [0.15, 0.2) is 29.2 Å². The average Bonchev–Trinajstić information content (AvgIpc) is 2.75. The van der Waals surface area contributed by atoms with Gasteiger partial charge in [0.1, 0.15) is 0 Å². The molecule has 1 aromatic carbocycles. The highest BCUT2D eigenvalue weighted by Crippen LogP contribution is 2.27. The Bertz CT molecular complexity index is 513. The van der Waals surface area contributed by atoms with Gasteiger partial charge in [0.2, 0.25) is 10.0 Å². The van der Waals surface area contributed by atoms with Crippen LogP contribution in [0.4, 0.5) is 0 Å². The third kappa shape index (κ3) is 3.80. The standard InChI is InChI=1S/C14H20BrNO2S/c1-2-4-11-7-9-12(10-8-11)19(17,18)16-14-6-3-5-13(14)15/h7-10,13-14,16H,2-6H2,1H3. The molecule has 1 aliphatic rings. The lowest BCUT2D eigenvalue weighted by atomic mass is 10.1. The molecule has 19 heavy (non-hydrogen) atoms. The molecule has 0 spiro atoms. The van der Waals surface area contributed by atoms with E-state index in [1.807, 2.05) is 12.1 Å². The van der Waals surface area contributed by atoms with Crippen LogP contribution in [0.5, 0.6) is 0 Å². The number of sulfonamides is 1. The molecule has 1 fully saturated rings. The molecule has 5 heteroatoms. The Morgan fingerprint density at radius 3 is 2.47 bits per heavy atom. The molecule has 0 bridgehead atoms. The topological polar surface area (TPSA) is 46.2 Å². The molecule has 0 heterocycles. The predicted molar refractivity (Wildman–Crippen MR) is 81.1 cm³/mol. The van der Waals surface area contributed by atoms with Crippen LogP contribution in [-0.4, -0.2) is 19.3 Å². The first-order valence-corrected chi connectivity index (χ1v) is 9.18. The highest BCUT2D eigenvalue weighted by molar-refractivity contribution is 9.09. The van der Waals surface area contributed by atoms with E-state index >= 15 is 0 Å². The molecule has 3 nitrogen and oxygen atoms in total. The van der Waals surface area contributed by atoms with E-state index in [2.05, 4.69) is 27.6 Å². The smallest absolute Gasteiger partial charge is 0.207 e. The predicted octanol–water partition coefficient (Wildman–Crippen LogP) is 3.23. The Morgan fingerprint density at radius 2 is 1.95 bits per heavy atom. The molecule has 2 atom stereocenters. The van der Waals surface area contributed by atoms with Crippen molar-refractivity contribution in [2.75, 3.05) is 0 Å². The molecule has 1 aromatic rings. The van der Waals surface area contributed by atoms with Gasteiger partial charge in [-0.05, 0) is 37.0 Å². The largest absolute Gasteiger partial charge is 0.240 e.